The van der Waals surface area contributed by atoms with Crippen LogP contribution in [0.5, 0.6) is 0 Å². The van der Waals surface area contributed by atoms with Gasteiger partial charge < -0.3 is 10.6 Å². The molecule has 2 aromatic carbocycles. The third kappa shape index (κ3) is 4.20. The van der Waals surface area contributed by atoms with Crippen LogP contribution >= 0.6 is 0 Å². The van der Waals surface area contributed by atoms with Gasteiger partial charge in [-0.1, -0.05) is 12.1 Å². The van der Waals surface area contributed by atoms with Crippen LogP contribution < -0.4 is 10.6 Å². The number of pyridine rings is 1. The quantitative estimate of drug-likeness (QED) is 0.718. The molecule has 0 unspecified atom stereocenters. The molecule has 1 amide bonds. The lowest BCUT2D eigenvalue weighted by molar-refractivity contribution is 0.102. The van der Waals surface area contributed by atoms with E-state index in [1.165, 1.54) is 18.3 Å². The van der Waals surface area contributed by atoms with E-state index in [1.54, 1.807) is 24.3 Å². The molecule has 126 valence electrons. The van der Waals surface area contributed by atoms with Crippen LogP contribution in [0.2, 0.25) is 0 Å². The number of anilines is 3. The maximum Gasteiger partial charge on any atom is 0.274 e. The average molecular weight is 335 g/mol. The molecule has 4 nitrogen and oxygen atoms in total. The molecule has 2 N–H and O–H groups in total. The Morgan fingerprint density at radius 3 is 2.48 bits per heavy atom. The maximum atomic E-state index is 13.3. The van der Waals surface area contributed by atoms with Crippen molar-refractivity contribution in [3.8, 4) is 0 Å². The van der Waals surface area contributed by atoms with E-state index in [1.807, 2.05) is 32.0 Å². The molecule has 0 aliphatic heterocycles. The van der Waals surface area contributed by atoms with Crippen molar-refractivity contribution in [2.24, 2.45) is 0 Å². The number of aryl methyl sites for hydroxylation is 2. The van der Waals surface area contributed by atoms with E-state index in [2.05, 4.69) is 15.6 Å². The van der Waals surface area contributed by atoms with Crippen molar-refractivity contribution in [2.75, 3.05) is 10.6 Å². The monoisotopic (exact) mass is 335 g/mol. The number of amides is 1. The van der Waals surface area contributed by atoms with Gasteiger partial charge in [-0.25, -0.2) is 4.39 Å². The van der Waals surface area contributed by atoms with Crippen LogP contribution in [-0.2, 0) is 0 Å². The zero-order valence-electron chi connectivity index (χ0n) is 14.0. The molecular weight excluding hydrogens is 317 g/mol. The summed E-state index contributed by atoms with van der Waals surface area (Å²) in [6.07, 6.45) is 1.54. The van der Waals surface area contributed by atoms with E-state index in [9.17, 15) is 9.18 Å². The summed E-state index contributed by atoms with van der Waals surface area (Å²) < 4.78 is 13.3. The molecule has 0 saturated heterocycles. The van der Waals surface area contributed by atoms with Crippen LogP contribution in [0, 0.1) is 19.7 Å². The topological polar surface area (TPSA) is 54.0 Å². The summed E-state index contributed by atoms with van der Waals surface area (Å²) in [7, 11) is 0. The van der Waals surface area contributed by atoms with Crippen molar-refractivity contribution >= 4 is 23.0 Å². The number of carbonyl (C=O) groups excluding carboxylic acids is 1. The molecule has 3 rings (SSSR count). The van der Waals surface area contributed by atoms with Crippen molar-refractivity contribution in [1.82, 2.24) is 4.98 Å². The van der Waals surface area contributed by atoms with Crippen LogP contribution in [0.1, 0.15) is 21.6 Å². The SMILES string of the molecule is Cc1ccc(NC(=O)c2cc(Nc3cccc(F)c3)ccn2)cc1C. The minimum Gasteiger partial charge on any atom is -0.355 e. The Hall–Kier alpha value is -3.21. The Bertz CT molecular complexity index is 924. The van der Waals surface area contributed by atoms with Gasteiger partial charge in [0, 0.05) is 23.3 Å². The Labute approximate surface area is 145 Å². The molecule has 1 heterocycles. The smallest absolute Gasteiger partial charge is 0.274 e. The predicted octanol–water partition coefficient (Wildman–Crippen LogP) is 4.83. The fraction of sp³-hybridized carbons (Fsp3) is 0.100. The van der Waals surface area contributed by atoms with Gasteiger partial charge in [0.25, 0.3) is 5.91 Å². The highest BCUT2D eigenvalue weighted by Crippen LogP contribution is 2.19. The van der Waals surface area contributed by atoms with E-state index in [0.717, 1.165) is 16.8 Å². The standard InChI is InChI=1S/C20H18FN3O/c1-13-6-7-17(10-14(13)2)24-20(25)19-12-18(8-9-22-19)23-16-5-3-4-15(21)11-16/h3-12H,1-2H3,(H,22,23)(H,24,25). The van der Waals surface area contributed by atoms with E-state index in [-0.39, 0.29) is 17.4 Å². The number of aromatic nitrogens is 1. The van der Waals surface area contributed by atoms with Crippen molar-refractivity contribution in [1.29, 1.82) is 0 Å². The third-order valence-electron chi connectivity index (χ3n) is 3.87. The normalized spacial score (nSPS) is 10.4. The number of benzene rings is 2. The van der Waals surface area contributed by atoms with Gasteiger partial charge in [0.2, 0.25) is 0 Å². The highest BCUT2D eigenvalue weighted by atomic mass is 19.1. The van der Waals surface area contributed by atoms with E-state index >= 15 is 0 Å². The summed E-state index contributed by atoms with van der Waals surface area (Å²) >= 11 is 0. The Balaban J connectivity index is 1.76. The predicted molar refractivity (Wildman–Crippen MR) is 97.8 cm³/mol. The molecule has 3 aromatic rings. The van der Waals surface area contributed by atoms with Crippen LogP contribution in [0.15, 0.2) is 60.8 Å². The molecule has 25 heavy (non-hydrogen) atoms. The maximum absolute atomic E-state index is 13.3. The van der Waals surface area contributed by atoms with E-state index < -0.39 is 0 Å². The average Bonchev–Trinajstić information content (AvgIpc) is 2.58. The molecule has 0 aliphatic rings. The lowest BCUT2D eigenvalue weighted by Gasteiger charge is -2.09. The van der Waals surface area contributed by atoms with Crippen molar-refractivity contribution in [3.63, 3.8) is 0 Å². The lowest BCUT2D eigenvalue weighted by Crippen LogP contribution is -2.14. The Morgan fingerprint density at radius 2 is 1.72 bits per heavy atom. The van der Waals surface area contributed by atoms with E-state index in [4.69, 9.17) is 0 Å². The number of rotatable bonds is 4. The molecule has 5 heteroatoms. The fourth-order valence-electron chi connectivity index (χ4n) is 2.38. The number of hydrogen-bond donors (Lipinski definition) is 2. The fourth-order valence-corrected chi connectivity index (χ4v) is 2.38. The highest BCUT2D eigenvalue weighted by Gasteiger charge is 2.09. The van der Waals surface area contributed by atoms with Crippen LogP contribution in [0.3, 0.4) is 0 Å². The van der Waals surface area contributed by atoms with Gasteiger partial charge in [-0.15, -0.1) is 0 Å². The van der Waals surface area contributed by atoms with Crippen molar-refractivity contribution in [2.45, 2.75) is 13.8 Å². The summed E-state index contributed by atoms with van der Waals surface area (Å²) in [5.41, 5.74) is 4.53. The van der Waals surface area contributed by atoms with Gasteiger partial charge in [-0.3, -0.25) is 9.78 Å². The number of nitrogens with zero attached hydrogens (tertiary/aromatic N) is 1. The van der Waals surface area contributed by atoms with Gasteiger partial charge in [0.05, 0.1) is 0 Å². The number of halogens is 1. The first-order chi connectivity index (χ1) is 12.0. The second-order valence-corrected chi connectivity index (χ2v) is 5.82. The molecule has 0 saturated carbocycles. The Kier molecular flexibility index (Phi) is 4.75. The minimum atomic E-state index is -0.327. The summed E-state index contributed by atoms with van der Waals surface area (Å²) in [6.45, 7) is 4.01. The summed E-state index contributed by atoms with van der Waals surface area (Å²) in [5.74, 6) is -0.627. The van der Waals surface area contributed by atoms with Gasteiger partial charge in [0.15, 0.2) is 0 Å². The lowest BCUT2D eigenvalue weighted by atomic mass is 10.1. The highest BCUT2D eigenvalue weighted by molar-refractivity contribution is 6.03. The second kappa shape index (κ2) is 7.13. The molecule has 0 atom stereocenters. The zero-order chi connectivity index (χ0) is 17.8. The molecule has 0 spiro atoms. The molecule has 0 fully saturated rings. The number of hydrogen-bond acceptors (Lipinski definition) is 3. The van der Waals surface area contributed by atoms with Crippen LogP contribution in [-0.4, -0.2) is 10.9 Å². The first kappa shape index (κ1) is 16.6. The number of carbonyl (C=O) groups is 1. The van der Waals surface area contributed by atoms with Gasteiger partial charge in [-0.2, -0.15) is 0 Å². The molecular formula is C20H18FN3O. The first-order valence-electron chi connectivity index (χ1n) is 7.88. The third-order valence-corrected chi connectivity index (χ3v) is 3.87. The molecule has 0 radical (unpaired) electrons. The van der Waals surface area contributed by atoms with E-state index in [0.29, 0.717) is 11.4 Å². The second-order valence-electron chi connectivity index (χ2n) is 5.82. The first-order valence-corrected chi connectivity index (χ1v) is 7.88. The largest absolute Gasteiger partial charge is 0.355 e. The zero-order valence-corrected chi connectivity index (χ0v) is 14.0. The molecule has 0 aliphatic carbocycles. The van der Waals surface area contributed by atoms with Gasteiger partial charge in [-0.05, 0) is 67.4 Å². The number of nitrogens with one attached hydrogen (secondary N) is 2. The van der Waals surface area contributed by atoms with Crippen LogP contribution in [0.4, 0.5) is 21.5 Å². The van der Waals surface area contributed by atoms with Gasteiger partial charge >= 0.3 is 0 Å². The van der Waals surface area contributed by atoms with Gasteiger partial charge in [0.1, 0.15) is 11.5 Å². The summed E-state index contributed by atoms with van der Waals surface area (Å²) in [5, 5.41) is 5.90. The van der Waals surface area contributed by atoms with Crippen molar-refractivity contribution < 1.29 is 9.18 Å². The van der Waals surface area contributed by atoms with Crippen molar-refractivity contribution in [3.05, 3.63) is 83.4 Å². The minimum absolute atomic E-state index is 0.277. The Morgan fingerprint density at radius 1 is 0.920 bits per heavy atom. The molecule has 1 aromatic heterocycles. The van der Waals surface area contributed by atoms with Crippen LogP contribution in [0.25, 0.3) is 0 Å². The summed E-state index contributed by atoms with van der Waals surface area (Å²) in [4.78, 5) is 16.5. The summed E-state index contributed by atoms with van der Waals surface area (Å²) in [6, 6.07) is 15.2. The molecule has 0 bridgehead atoms.